The van der Waals surface area contributed by atoms with E-state index in [1.165, 1.54) is 0 Å². The van der Waals surface area contributed by atoms with Crippen LogP contribution >= 0.6 is 0 Å². The molecule has 0 amide bonds. The normalized spacial score (nSPS) is 9.55. The molecule has 11 heavy (non-hydrogen) atoms. The van der Waals surface area contributed by atoms with E-state index in [1.807, 2.05) is 0 Å². The van der Waals surface area contributed by atoms with Gasteiger partial charge in [-0.3, -0.25) is 4.98 Å². The van der Waals surface area contributed by atoms with Gasteiger partial charge in [0.15, 0.2) is 0 Å². The molecule has 0 aliphatic rings. The molecule has 1 radical (unpaired) electrons. The van der Waals surface area contributed by atoms with Crippen LogP contribution in [0.15, 0.2) is 18.5 Å². The van der Waals surface area contributed by atoms with E-state index in [2.05, 4.69) is 18.0 Å². The van der Waals surface area contributed by atoms with Crippen molar-refractivity contribution in [3.63, 3.8) is 0 Å². The van der Waals surface area contributed by atoms with Gasteiger partial charge in [-0.15, -0.1) is 0 Å². The summed E-state index contributed by atoms with van der Waals surface area (Å²) in [4.78, 5) is 3.88. The molecule has 1 aromatic rings. The summed E-state index contributed by atoms with van der Waals surface area (Å²) < 4.78 is 5.35. The maximum absolute atomic E-state index is 5.35. The average molecular weight is 150 g/mol. The van der Waals surface area contributed by atoms with E-state index in [9.17, 15) is 0 Å². The molecule has 2 nitrogen and oxygen atoms in total. The molecule has 59 valence electrons. The van der Waals surface area contributed by atoms with Crippen molar-refractivity contribution in [2.24, 2.45) is 0 Å². The molecule has 1 rings (SSSR count). The van der Waals surface area contributed by atoms with Gasteiger partial charge in [0, 0.05) is 12.3 Å². The number of pyridine rings is 1. The molecular formula is C9H12NO. The molecule has 0 N–H and O–H groups in total. The summed E-state index contributed by atoms with van der Waals surface area (Å²) >= 11 is 0. The molecule has 0 unspecified atom stereocenters. The molecule has 0 bridgehead atoms. The number of aromatic nitrogens is 1. The first-order valence-corrected chi connectivity index (χ1v) is 3.87. The lowest BCUT2D eigenvalue weighted by Gasteiger charge is -2.02. The Morgan fingerprint density at radius 2 is 2.55 bits per heavy atom. The SMILES string of the molecule is CCCCOc1c[c]cnc1. The minimum atomic E-state index is 0.774. The minimum Gasteiger partial charge on any atom is -0.492 e. The summed E-state index contributed by atoms with van der Waals surface area (Å²) in [6.07, 6.45) is 5.57. The zero-order chi connectivity index (χ0) is 7.94. The van der Waals surface area contributed by atoms with Crippen LogP contribution in [-0.4, -0.2) is 11.6 Å². The standard InChI is InChI=1S/C9H12NO/c1-2-3-7-11-9-5-4-6-10-8-9/h5-6,8H,2-3,7H2,1H3. The lowest BCUT2D eigenvalue weighted by molar-refractivity contribution is 0.308. The third kappa shape index (κ3) is 3.03. The number of rotatable bonds is 4. The molecule has 0 fully saturated rings. The monoisotopic (exact) mass is 150 g/mol. The van der Waals surface area contributed by atoms with Crippen molar-refractivity contribution in [1.29, 1.82) is 0 Å². The number of unbranched alkanes of at least 4 members (excludes halogenated alkanes) is 1. The van der Waals surface area contributed by atoms with Gasteiger partial charge in [-0.25, -0.2) is 0 Å². The Labute approximate surface area is 67.2 Å². The third-order valence-corrected chi connectivity index (χ3v) is 1.34. The van der Waals surface area contributed by atoms with Gasteiger partial charge in [0.1, 0.15) is 5.75 Å². The van der Waals surface area contributed by atoms with E-state index in [0.717, 1.165) is 25.2 Å². The Bertz CT molecular complexity index is 186. The predicted molar refractivity (Wildman–Crippen MR) is 43.5 cm³/mol. The third-order valence-electron chi connectivity index (χ3n) is 1.34. The van der Waals surface area contributed by atoms with Crippen LogP contribution in [-0.2, 0) is 0 Å². The van der Waals surface area contributed by atoms with Crippen LogP contribution in [0.1, 0.15) is 19.8 Å². The van der Waals surface area contributed by atoms with Gasteiger partial charge in [0.25, 0.3) is 0 Å². The van der Waals surface area contributed by atoms with E-state index < -0.39 is 0 Å². The van der Waals surface area contributed by atoms with E-state index in [0.29, 0.717) is 0 Å². The van der Waals surface area contributed by atoms with E-state index >= 15 is 0 Å². The van der Waals surface area contributed by atoms with Crippen molar-refractivity contribution in [1.82, 2.24) is 4.98 Å². The van der Waals surface area contributed by atoms with Crippen LogP contribution in [0.25, 0.3) is 0 Å². The smallest absolute Gasteiger partial charge is 0.138 e. The second-order valence-corrected chi connectivity index (χ2v) is 2.32. The van der Waals surface area contributed by atoms with E-state index in [-0.39, 0.29) is 0 Å². The Kier molecular flexibility index (Phi) is 3.45. The van der Waals surface area contributed by atoms with E-state index in [1.54, 1.807) is 18.5 Å². The molecule has 0 aliphatic heterocycles. The topological polar surface area (TPSA) is 22.1 Å². The summed E-state index contributed by atoms with van der Waals surface area (Å²) in [6.45, 7) is 2.91. The fourth-order valence-electron chi connectivity index (χ4n) is 0.724. The largest absolute Gasteiger partial charge is 0.492 e. The zero-order valence-corrected chi connectivity index (χ0v) is 6.71. The highest BCUT2D eigenvalue weighted by atomic mass is 16.5. The fourth-order valence-corrected chi connectivity index (χ4v) is 0.724. The first-order valence-electron chi connectivity index (χ1n) is 3.87. The lowest BCUT2D eigenvalue weighted by atomic mass is 10.4. The first-order chi connectivity index (χ1) is 5.43. The first kappa shape index (κ1) is 8.05. The number of nitrogens with zero attached hydrogens (tertiary/aromatic N) is 1. The molecule has 1 heterocycles. The van der Waals surface area contributed by atoms with Crippen molar-refractivity contribution in [3.05, 3.63) is 24.5 Å². The number of ether oxygens (including phenoxy) is 1. The molecule has 0 atom stereocenters. The highest BCUT2D eigenvalue weighted by Gasteiger charge is 1.89. The average Bonchev–Trinajstić information content (AvgIpc) is 2.07. The Morgan fingerprint density at radius 3 is 3.18 bits per heavy atom. The second kappa shape index (κ2) is 4.72. The maximum Gasteiger partial charge on any atom is 0.138 e. The molecule has 1 aromatic heterocycles. The van der Waals surface area contributed by atoms with Gasteiger partial charge in [0.05, 0.1) is 12.8 Å². The Hall–Kier alpha value is -1.05. The Balaban J connectivity index is 2.28. The highest BCUT2D eigenvalue weighted by molar-refractivity contribution is 5.14. The fraction of sp³-hybridized carbons (Fsp3) is 0.444. The summed E-state index contributed by atoms with van der Waals surface area (Å²) in [5.41, 5.74) is 0. The van der Waals surface area contributed by atoms with Crippen LogP contribution < -0.4 is 4.74 Å². The van der Waals surface area contributed by atoms with E-state index in [4.69, 9.17) is 4.74 Å². The number of hydrogen-bond acceptors (Lipinski definition) is 2. The second-order valence-electron chi connectivity index (χ2n) is 2.32. The van der Waals surface area contributed by atoms with Gasteiger partial charge in [-0.05, 0) is 12.5 Å². The van der Waals surface area contributed by atoms with Crippen LogP contribution in [0.2, 0.25) is 0 Å². The van der Waals surface area contributed by atoms with Gasteiger partial charge >= 0.3 is 0 Å². The molecular weight excluding hydrogens is 138 g/mol. The summed E-state index contributed by atoms with van der Waals surface area (Å²) in [6, 6.07) is 4.65. The summed E-state index contributed by atoms with van der Waals surface area (Å²) in [7, 11) is 0. The minimum absolute atomic E-state index is 0.774. The zero-order valence-electron chi connectivity index (χ0n) is 6.71. The van der Waals surface area contributed by atoms with Gasteiger partial charge in [0.2, 0.25) is 0 Å². The molecule has 0 aromatic carbocycles. The molecule has 0 saturated heterocycles. The molecule has 0 saturated carbocycles. The van der Waals surface area contributed by atoms with Gasteiger partial charge < -0.3 is 4.74 Å². The van der Waals surface area contributed by atoms with Crippen LogP contribution in [0.5, 0.6) is 5.75 Å². The molecule has 0 spiro atoms. The van der Waals surface area contributed by atoms with Crippen molar-refractivity contribution < 1.29 is 4.74 Å². The van der Waals surface area contributed by atoms with Crippen molar-refractivity contribution >= 4 is 0 Å². The van der Waals surface area contributed by atoms with Crippen LogP contribution in [0.4, 0.5) is 0 Å². The van der Waals surface area contributed by atoms with Crippen molar-refractivity contribution in [2.75, 3.05) is 6.61 Å². The maximum atomic E-state index is 5.35. The van der Waals surface area contributed by atoms with Gasteiger partial charge in [-0.1, -0.05) is 13.3 Å². The number of hydrogen-bond donors (Lipinski definition) is 0. The van der Waals surface area contributed by atoms with Crippen LogP contribution in [0.3, 0.4) is 0 Å². The van der Waals surface area contributed by atoms with Crippen LogP contribution in [0, 0.1) is 6.07 Å². The van der Waals surface area contributed by atoms with Crippen molar-refractivity contribution in [3.8, 4) is 5.75 Å². The quantitative estimate of drug-likeness (QED) is 0.613. The van der Waals surface area contributed by atoms with Crippen molar-refractivity contribution in [2.45, 2.75) is 19.8 Å². The lowest BCUT2D eigenvalue weighted by Crippen LogP contribution is -1.96. The Morgan fingerprint density at radius 1 is 1.64 bits per heavy atom. The van der Waals surface area contributed by atoms with Gasteiger partial charge in [-0.2, -0.15) is 0 Å². The molecule has 2 heteroatoms. The predicted octanol–water partition coefficient (Wildman–Crippen LogP) is 2.06. The summed E-state index contributed by atoms with van der Waals surface area (Å²) in [5, 5.41) is 0. The molecule has 0 aliphatic carbocycles. The summed E-state index contributed by atoms with van der Waals surface area (Å²) in [5.74, 6) is 0.806. The highest BCUT2D eigenvalue weighted by Crippen LogP contribution is 2.05.